The number of H-pyrrole nitrogens is 1. The number of hydrogen-bond acceptors (Lipinski definition) is 1. The van der Waals surface area contributed by atoms with Gasteiger partial charge in [0.1, 0.15) is 5.82 Å². The Balaban J connectivity index is 2.15. The first kappa shape index (κ1) is 13.8. The highest BCUT2D eigenvalue weighted by atomic mass is 19.1. The number of hydrogen-bond donors (Lipinski definition) is 1. The fourth-order valence-corrected chi connectivity index (χ4v) is 2.34. The Kier molecular flexibility index (Phi) is 4.72. The first-order valence-electron chi connectivity index (χ1n) is 7.05. The Hall–Kier alpha value is -1.64. The zero-order valence-corrected chi connectivity index (χ0v) is 11.6. The first-order valence-corrected chi connectivity index (χ1v) is 7.05. The molecule has 0 aliphatic carbocycles. The topological polar surface area (TPSA) is 28.7 Å². The largest absolute Gasteiger partial charge is 0.282 e. The van der Waals surface area contributed by atoms with Gasteiger partial charge in [-0.1, -0.05) is 26.7 Å². The summed E-state index contributed by atoms with van der Waals surface area (Å²) in [6.45, 7) is 4.42. The molecular weight excluding hydrogens is 239 g/mol. The van der Waals surface area contributed by atoms with Crippen molar-refractivity contribution in [2.45, 2.75) is 45.4 Å². The summed E-state index contributed by atoms with van der Waals surface area (Å²) in [6, 6.07) is 8.57. The third-order valence-corrected chi connectivity index (χ3v) is 3.58. The van der Waals surface area contributed by atoms with Gasteiger partial charge in [0.15, 0.2) is 0 Å². The molecule has 0 aliphatic heterocycles. The smallest absolute Gasteiger partial charge is 0.123 e. The number of aromatic nitrogens is 2. The molecule has 1 N–H and O–H groups in total. The van der Waals surface area contributed by atoms with Gasteiger partial charge in [-0.25, -0.2) is 4.39 Å². The SMILES string of the molecule is CCCCC(CC)c1cc(-c2ccc(F)cc2)n[nH]1. The maximum Gasteiger partial charge on any atom is 0.123 e. The molecule has 2 rings (SSSR count). The standard InChI is InChI=1S/C16H21FN2/c1-3-5-6-12(4-2)15-11-16(19-18-15)13-7-9-14(17)10-8-13/h7-12H,3-6H2,1-2H3,(H,18,19). The summed E-state index contributed by atoms with van der Waals surface area (Å²) in [4.78, 5) is 0. The fraction of sp³-hybridized carbons (Fsp3) is 0.438. The third-order valence-electron chi connectivity index (χ3n) is 3.58. The van der Waals surface area contributed by atoms with E-state index in [4.69, 9.17) is 0 Å². The molecule has 0 amide bonds. The minimum Gasteiger partial charge on any atom is -0.282 e. The van der Waals surface area contributed by atoms with Crippen LogP contribution in [0.2, 0.25) is 0 Å². The fourth-order valence-electron chi connectivity index (χ4n) is 2.34. The van der Waals surface area contributed by atoms with E-state index in [9.17, 15) is 4.39 Å². The highest BCUT2D eigenvalue weighted by molar-refractivity contribution is 5.59. The number of rotatable bonds is 6. The molecular formula is C16H21FN2. The summed E-state index contributed by atoms with van der Waals surface area (Å²) in [5.74, 6) is 0.329. The van der Waals surface area contributed by atoms with Gasteiger partial charge in [0.2, 0.25) is 0 Å². The third kappa shape index (κ3) is 3.43. The summed E-state index contributed by atoms with van der Waals surface area (Å²) in [5, 5.41) is 7.48. The minimum absolute atomic E-state index is 0.214. The van der Waals surface area contributed by atoms with Gasteiger partial charge in [0, 0.05) is 17.2 Å². The Labute approximate surface area is 114 Å². The van der Waals surface area contributed by atoms with Crippen LogP contribution in [0.25, 0.3) is 11.3 Å². The van der Waals surface area contributed by atoms with E-state index in [1.165, 1.54) is 37.1 Å². The lowest BCUT2D eigenvalue weighted by molar-refractivity contribution is 0.556. The van der Waals surface area contributed by atoms with E-state index in [-0.39, 0.29) is 5.82 Å². The summed E-state index contributed by atoms with van der Waals surface area (Å²) < 4.78 is 12.9. The highest BCUT2D eigenvalue weighted by Gasteiger charge is 2.12. The van der Waals surface area contributed by atoms with E-state index in [1.54, 1.807) is 12.1 Å². The summed E-state index contributed by atoms with van der Waals surface area (Å²) in [5.41, 5.74) is 3.04. The summed E-state index contributed by atoms with van der Waals surface area (Å²) in [7, 11) is 0. The van der Waals surface area contributed by atoms with Gasteiger partial charge in [-0.3, -0.25) is 5.10 Å². The van der Waals surface area contributed by atoms with Crippen molar-refractivity contribution < 1.29 is 4.39 Å². The van der Waals surface area contributed by atoms with Crippen LogP contribution in [0.4, 0.5) is 4.39 Å². The van der Waals surface area contributed by atoms with Crippen LogP contribution in [0, 0.1) is 5.82 Å². The number of aromatic amines is 1. The molecule has 0 spiro atoms. The molecule has 3 heteroatoms. The van der Waals surface area contributed by atoms with Crippen LogP contribution in [0.1, 0.15) is 51.1 Å². The Morgan fingerprint density at radius 3 is 2.58 bits per heavy atom. The number of nitrogens with one attached hydrogen (secondary N) is 1. The zero-order valence-electron chi connectivity index (χ0n) is 11.6. The van der Waals surface area contributed by atoms with E-state index in [0.29, 0.717) is 5.92 Å². The van der Waals surface area contributed by atoms with Crippen molar-refractivity contribution in [2.24, 2.45) is 0 Å². The molecule has 2 aromatic rings. The Morgan fingerprint density at radius 1 is 1.21 bits per heavy atom. The molecule has 1 unspecified atom stereocenters. The van der Waals surface area contributed by atoms with Crippen molar-refractivity contribution in [3.63, 3.8) is 0 Å². The molecule has 1 aromatic carbocycles. The van der Waals surface area contributed by atoms with Gasteiger partial charge in [0.25, 0.3) is 0 Å². The van der Waals surface area contributed by atoms with Gasteiger partial charge in [-0.05, 0) is 43.2 Å². The molecule has 19 heavy (non-hydrogen) atoms. The van der Waals surface area contributed by atoms with Crippen molar-refractivity contribution >= 4 is 0 Å². The normalized spacial score (nSPS) is 12.6. The Morgan fingerprint density at radius 2 is 1.95 bits per heavy atom. The molecule has 1 atom stereocenters. The van der Waals surface area contributed by atoms with Gasteiger partial charge < -0.3 is 0 Å². The first-order chi connectivity index (χ1) is 9.24. The van der Waals surface area contributed by atoms with Crippen LogP contribution in [-0.4, -0.2) is 10.2 Å². The lowest BCUT2D eigenvalue weighted by Gasteiger charge is -2.11. The quantitative estimate of drug-likeness (QED) is 0.786. The monoisotopic (exact) mass is 260 g/mol. The van der Waals surface area contributed by atoms with Gasteiger partial charge in [-0.2, -0.15) is 5.10 Å². The molecule has 2 nitrogen and oxygen atoms in total. The molecule has 1 aromatic heterocycles. The average Bonchev–Trinajstić information content (AvgIpc) is 2.90. The molecule has 102 valence electrons. The predicted molar refractivity (Wildman–Crippen MR) is 76.5 cm³/mol. The number of benzene rings is 1. The van der Waals surface area contributed by atoms with E-state index >= 15 is 0 Å². The minimum atomic E-state index is -0.214. The summed E-state index contributed by atoms with van der Waals surface area (Å²) in [6.07, 6.45) is 4.77. The van der Waals surface area contributed by atoms with Crippen molar-refractivity contribution in [3.8, 4) is 11.3 Å². The van der Waals surface area contributed by atoms with Crippen LogP contribution in [0.3, 0.4) is 0 Å². The second-order valence-corrected chi connectivity index (χ2v) is 4.96. The van der Waals surface area contributed by atoms with Crippen LogP contribution in [-0.2, 0) is 0 Å². The molecule has 0 radical (unpaired) electrons. The number of nitrogens with zero attached hydrogens (tertiary/aromatic N) is 1. The molecule has 1 heterocycles. The number of unbranched alkanes of at least 4 members (excludes halogenated alkanes) is 1. The van der Waals surface area contributed by atoms with Gasteiger partial charge in [-0.15, -0.1) is 0 Å². The van der Waals surface area contributed by atoms with E-state index in [2.05, 4.69) is 30.1 Å². The molecule has 0 fully saturated rings. The lowest BCUT2D eigenvalue weighted by Crippen LogP contribution is -1.97. The van der Waals surface area contributed by atoms with Crippen molar-refractivity contribution in [3.05, 3.63) is 41.8 Å². The van der Waals surface area contributed by atoms with E-state index in [1.807, 2.05) is 0 Å². The van der Waals surface area contributed by atoms with Crippen molar-refractivity contribution in [1.82, 2.24) is 10.2 Å². The molecule has 0 aliphatic rings. The summed E-state index contributed by atoms with van der Waals surface area (Å²) >= 11 is 0. The molecule has 0 bridgehead atoms. The van der Waals surface area contributed by atoms with Crippen molar-refractivity contribution in [1.29, 1.82) is 0 Å². The average molecular weight is 260 g/mol. The Bertz CT molecular complexity index is 502. The van der Waals surface area contributed by atoms with E-state index < -0.39 is 0 Å². The number of halogens is 1. The van der Waals surface area contributed by atoms with Crippen LogP contribution in [0.5, 0.6) is 0 Å². The van der Waals surface area contributed by atoms with Crippen molar-refractivity contribution in [2.75, 3.05) is 0 Å². The van der Waals surface area contributed by atoms with Crippen LogP contribution in [0.15, 0.2) is 30.3 Å². The van der Waals surface area contributed by atoms with Crippen LogP contribution < -0.4 is 0 Å². The molecule has 0 saturated carbocycles. The molecule has 0 saturated heterocycles. The zero-order chi connectivity index (χ0) is 13.7. The van der Waals surface area contributed by atoms with Gasteiger partial charge in [0.05, 0.1) is 5.69 Å². The predicted octanol–water partition coefficient (Wildman–Crippen LogP) is 4.90. The van der Waals surface area contributed by atoms with Gasteiger partial charge >= 0.3 is 0 Å². The lowest BCUT2D eigenvalue weighted by atomic mass is 9.95. The second-order valence-electron chi connectivity index (χ2n) is 4.96. The van der Waals surface area contributed by atoms with Crippen LogP contribution >= 0.6 is 0 Å². The highest BCUT2D eigenvalue weighted by Crippen LogP contribution is 2.27. The maximum absolute atomic E-state index is 12.9. The van der Waals surface area contributed by atoms with E-state index in [0.717, 1.165) is 17.7 Å². The maximum atomic E-state index is 12.9. The second kappa shape index (κ2) is 6.50.